The number of carbonyl (C=O) groups excluding carboxylic acids is 1. The normalized spacial score (nSPS) is 13.4. The summed E-state index contributed by atoms with van der Waals surface area (Å²) < 4.78 is 0. The average Bonchev–Trinajstić information content (AvgIpc) is 2.47. The smallest absolute Gasteiger partial charge is 0.261 e. The Labute approximate surface area is 135 Å². The topological polar surface area (TPSA) is 82.2 Å². The first-order valence-electron chi connectivity index (χ1n) is 7.62. The molecule has 0 bridgehead atoms. The molecule has 0 saturated carbocycles. The lowest BCUT2D eigenvalue weighted by Crippen LogP contribution is -2.44. The van der Waals surface area contributed by atoms with Gasteiger partial charge < -0.3 is 15.4 Å². The number of aryl methyl sites for hydroxylation is 2. The molecule has 3 N–H and O–H groups in total. The van der Waals surface area contributed by atoms with Crippen LogP contribution in [0.25, 0.3) is 0 Å². The van der Waals surface area contributed by atoms with Crippen LogP contribution in [0, 0.1) is 13.8 Å². The van der Waals surface area contributed by atoms with E-state index in [4.69, 9.17) is 0 Å². The summed E-state index contributed by atoms with van der Waals surface area (Å²) in [5.74, 6) is -0.469. The molecule has 0 saturated heterocycles. The van der Waals surface area contributed by atoms with E-state index in [0.29, 0.717) is 17.7 Å². The van der Waals surface area contributed by atoms with Crippen molar-refractivity contribution in [3.05, 3.63) is 69.1 Å². The molecule has 2 atom stereocenters. The largest absolute Gasteiger partial charge is 0.391 e. The van der Waals surface area contributed by atoms with Gasteiger partial charge in [0.1, 0.15) is 5.56 Å². The predicted molar refractivity (Wildman–Crippen MR) is 89.6 cm³/mol. The number of hydrogen-bond donors (Lipinski definition) is 3. The number of amides is 1. The summed E-state index contributed by atoms with van der Waals surface area (Å²) >= 11 is 0. The Morgan fingerprint density at radius 1 is 1.26 bits per heavy atom. The van der Waals surface area contributed by atoms with Crippen molar-refractivity contribution in [2.75, 3.05) is 0 Å². The number of aliphatic hydroxyl groups excluding tert-OH is 1. The fourth-order valence-electron chi connectivity index (χ4n) is 2.54. The molecule has 1 aromatic heterocycles. The first-order chi connectivity index (χ1) is 10.9. The molecular weight excluding hydrogens is 292 g/mol. The van der Waals surface area contributed by atoms with E-state index in [1.54, 1.807) is 26.8 Å². The van der Waals surface area contributed by atoms with Gasteiger partial charge in [0.25, 0.3) is 11.5 Å². The van der Waals surface area contributed by atoms with E-state index in [-0.39, 0.29) is 5.56 Å². The molecule has 0 aliphatic rings. The summed E-state index contributed by atoms with van der Waals surface area (Å²) in [5.41, 5.74) is 2.00. The summed E-state index contributed by atoms with van der Waals surface area (Å²) in [4.78, 5) is 26.9. The molecule has 122 valence electrons. The zero-order valence-electron chi connectivity index (χ0n) is 13.6. The molecule has 2 aromatic rings. The van der Waals surface area contributed by atoms with Crippen LogP contribution in [0.15, 0.2) is 41.2 Å². The van der Waals surface area contributed by atoms with E-state index in [0.717, 1.165) is 5.56 Å². The number of rotatable bonds is 5. The van der Waals surface area contributed by atoms with Crippen molar-refractivity contribution < 1.29 is 9.90 Å². The minimum atomic E-state index is -0.730. The maximum atomic E-state index is 12.3. The van der Waals surface area contributed by atoms with Gasteiger partial charge in [-0.1, -0.05) is 30.3 Å². The van der Waals surface area contributed by atoms with Gasteiger partial charge >= 0.3 is 0 Å². The zero-order chi connectivity index (χ0) is 17.0. The third-order valence-corrected chi connectivity index (χ3v) is 3.82. The summed E-state index contributed by atoms with van der Waals surface area (Å²) in [7, 11) is 0. The first-order valence-corrected chi connectivity index (χ1v) is 7.62. The van der Waals surface area contributed by atoms with Crippen LogP contribution in [0.1, 0.15) is 34.1 Å². The lowest BCUT2D eigenvalue weighted by molar-refractivity contribution is 0.0849. The van der Waals surface area contributed by atoms with Crippen molar-refractivity contribution in [2.45, 2.75) is 39.3 Å². The Bertz CT molecular complexity index is 738. The lowest BCUT2D eigenvalue weighted by Gasteiger charge is -2.20. The molecule has 1 aromatic carbocycles. The molecule has 2 rings (SSSR count). The highest BCUT2D eigenvalue weighted by atomic mass is 16.3. The van der Waals surface area contributed by atoms with Crippen molar-refractivity contribution in [1.82, 2.24) is 10.3 Å². The Morgan fingerprint density at radius 2 is 1.91 bits per heavy atom. The standard InChI is InChI=1S/C18H22N2O3/c1-11-9-12(2)19-17(22)16(11)18(23)20-13(3)15(21)10-14-7-5-4-6-8-14/h4-9,13,15,21H,10H2,1-3H3,(H,19,22)(H,20,23). The second-order valence-corrected chi connectivity index (χ2v) is 5.86. The van der Waals surface area contributed by atoms with Gasteiger partial charge in [-0.2, -0.15) is 0 Å². The summed E-state index contributed by atoms with van der Waals surface area (Å²) in [6, 6.07) is 10.8. The minimum absolute atomic E-state index is 0.0920. The van der Waals surface area contributed by atoms with Crippen molar-refractivity contribution in [1.29, 1.82) is 0 Å². The summed E-state index contributed by atoms with van der Waals surface area (Å²) in [6.07, 6.45) is -0.294. The molecule has 23 heavy (non-hydrogen) atoms. The molecule has 1 heterocycles. The molecule has 2 unspecified atom stereocenters. The fourth-order valence-corrected chi connectivity index (χ4v) is 2.54. The SMILES string of the molecule is Cc1cc(C)c(C(=O)NC(C)C(O)Cc2ccccc2)c(=O)[nH]1. The number of aromatic amines is 1. The van der Waals surface area contributed by atoms with Crippen LogP contribution in [0.2, 0.25) is 0 Å². The van der Waals surface area contributed by atoms with Crippen LogP contribution in [0.5, 0.6) is 0 Å². The monoisotopic (exact) mass is 314 g/mol. The number of hydrogen-bond acceptors (Lipinski definition) is 3. The highest BCUT2D eigenvalue weighted by Crippen LogP contribution is 2.08. The van der Waals surface area contributed by atoms with Gasteiger partial charge in [-0.25, -0.2) is 0 Å². The van der Waals surface area contributed by atoms with E-state index in [9.17, 15) is 14.7 Å². The summed E-state index contributed by atoms with van der Waals surface area (Å²) in [6.45, 7) is 5.22. The van der Waals surface area contributed by atoms with Gasteiger partial charge in [-0.05, 0) is 38.0 Å². The van der Waals surface area contributed by atoms with E-state index >= 15 is 0 Å². The molecular formula is C18H22N2O3. The van der Waals surface area contributed by atoms with Gasteiger partial charge in [-0.3, -0.25) is 9.59 Å². The number of carbonyl (C=O) groups is 1. The molecule has 0 spiro atoms. The maximum Gasteiger partial charge on any atom is 0.261 e. The molecule has 1 amide bonds. The fraction of sp³-hybridized carbons (Fsp3) is 0.333. The van der Waals surface area contributed by atoms with E-state index in [1.807, 2.05) is 30.3 Å². The van der Waals surface area contributed by atoms with Crippen molar-refractivity contribution in [3.63, 3.8) is 0 Å². The number of aliphatic hydroxyl groups is 1. The van der Waals surface area contributed by atoms with Crippen molar-refractivity contribution in [2.24, 2.45) is 0 Å². The van der Waals surface area contributed by atoms with Gasteiger partial charge in [0, 0.05) is 12.1 Å². The van der Waals surface area contributed by atoms with Crippen molar-refractivity contribution >= 4 is 5.91 Å². The highest BCUT2D eigenvalue weighted by molar-refractivity contribution is 5.95. The van der Waals surface area contributed by atoms with Gasteiger partial charge in [0.05, 0.1) is 12.1 Å². The van der Waals surface area contributed by atoms with Crippen molar-refractivity contribution in [3.8, 4) is 0 Å². The Balaban J connectivity index is 2.06. The first kappa shape index (κ1) is 17.0. The number of pyridine rings is 1. The second kappa shape index (κ2) is 7.24. The van der Waals surface area contributed by atoms with E-state index in [1.165, 1.54) is 0 Å². The Morgan fingerprint density at radius 3 is 2.52 bits per heavy atom. The molecule has 0 radical (unpaired) electrons. The maximum absolute atomic E-state index is 12.3. The number of nitrogens with one attached hydrogen (secondary N) is 2. The quantitative estimate of drug-likeness (QED) is 0.786. The van der Waals surface area contributed by atoms with Crippen LogP contribution >= 0.6 is 0 Å². The number of benzene rings is 1. The molecule has 0 fully saturated rings. The highest BCUT2D eigenvalue weighted by Gasteiger charge is 2.21. The molecule has 0 aliphatic heterocycles. The molecule has 5 heteroatoms. The number of aromatic nitrogens is 1. The minimum Gasteiger partial charge on any atom is -0.391 e. The second-order valence-electron chi connectivity index (χ2n) is 5.86. The van der Waals surface area contributed by atoms with E-state index in [2.05, 4.69) is 10.3 Å². The van der Waals surface area contributed by atoms with Crippen LogP contribution in [-0.4, -0.2) is 28.1 Å². The zero-order valence-corrected chi connectivity index (χ0v) is 13.6. The average molecular weight is 314 g/mol. The number of H-pyrrole nitrogens is 1. The molecule has 5 nitrogen and oxygen atoms in total. The lowest BCUT2D eigenvalue weighted by atomic mass is 10.0. The van der Waals surface area contributed by atoms with Gasteiger partial charge in [-0.15, -0.1) is 0 Å². The summed E-state index contributed by atoms with van der Waals surface area (Å²) in [5, 5.41) is 13.0. The Kier molecular flexibility index (Phi) is 5.34. The van der Waals surface area contributed by atoms with E-state index < -0.39 is 23.6 Å². The third kappa shape index (κ3) is 4.29. The van der Waals surface area contributed by atoms with Crippen LogP contribution in [0.3, 0.4) is 0 Å². The van der Waals surface area contributed by atoms with Crippen LogP contribution < -0.4 is 10.9 Å². The van der Waals surface area contributed by atoms with Gasteiger partial charge in [0.15, 0.2) is 0 Å². The van der Waals surface area contributed by atoms with Gasteiger partial charge in [0.2, 0.25) is 0 Å². The predicted octanol–water partition coefficient (Wildman–Crippen LogP) is 1.71. The van der Waals surface area contributed by atoms with Crippen LogP contribution in [0.4, 0.5) is 0 Å². The molecule has 0 aliphatic carbocycles. The van der Waals surface area contributed by atoms with Crippen LogP contribution in [-0.2, 0) is 6.42 Å². The third-order valence-electron chi connectivity index (χ3n) is 3.82. The Hall–Kier alpha value is -2.40.